The van der Waals surface area contributed by atoms with Crippen molar-refractivity contribution < 1.29 is 32.2 Å². The number of carbonyl (C=O) groups excluding carboxylic acids is 2. The van der Waals surface area contributed by atoms with Crippen molar-refractivity contribution in [2.45, 2.75) is 45.2 Å². The van der Waals surface area contributed by atoms with E-state index in [9.17, 15) is 18.0 Å². The fourth-order valence-electron chi connectivity index (χ4n) is 4.42. The molecule has 11 heteroatoms. The number of benzene rings is 3. The summed E-state index contributed by atoms with van der Waals surface area (Å²) in [4.78, 5) is 28.2. The van der Waals surface area contributed by atoms with Crippen molar-refractivity contribution in [3.8, 4) is 17.2 Å². The van der Waals surface area contributed by atoms with Crippen LogP contribution >= 0.6 is 0 Å². The van der Waals surface area contributed by atoms with Gasteiger partial charge < -0.3 is 24.4 Å². The summed E-state index contributed by atoms with van der Waals surface area (Å²) >= 11 is 0. The molecule has 0 aliphatic rings. The number of ether oxygens (including phenoxy) is 3. The van der Waals surface area contributed by atoms with Gasteiger partial charge in [0.2, 0.25) is 11.8 Å². The molecule has 0 aromatic heterocycles. The molecular weight excluding hydrogens is 558 g/mol. The van der Waals surface area contributed by atoms with Gasteiger partial charge in [-0.3, -0.25) is 13.9 Å². The van der Waals surface area contributed by atoms with Crippen LogP contribution in [-0.4, -0.2) is 65.1 Å². The van der Waals surface area contributed by atoms with Gasteiger partial charge in [-0.1, -0.05) is 29.8 Å². The Labute approximate surface area is 248 Å². The van der Waals surface area contributed by atoms with Crippen molar-refractivity contribution in [2.24, 2.45) is 0 Å². The molecule has 226 valence electrons. The highest BCUT2D eigenvalue weighted by Gasteiger charge is 2.33. The molecule has 0 aliphatic carbocycles. The summed E-state index contributed by atoms with van der Waals surface area (Å²) in [7, 11) is -1.43. The summed E-state index contributed by atoms with van der Waals surface area (Å²) in [5, 5.41) is 2.76. The minimum absolute atomic E-state index is 0.0937. The van der Waals surface area contributed by atoms with Crippen molar-refractivity contribution in [1.29, 1.82) is 0 Å². The van der Waals surface area contributed by atoms with Crippen LogP contribution in [0, 0.1) is 6.92 Å². The van der Waals surface area contributed by atoms with Crippen LogP contribution in [0.2, 0.25) is 0 Å². The Bertz CT molecular complexity index is 1480. The van der Waals surface area contributed by atoms with Crippen LogP contribution in [0.4, 0.5) is 5.69 Å². The van der Waals surface area contributed by atoms with Crippen LogP contribution < -0.4 is 23.8 Å². The quantitative estimate of drug-likeness (QED) is 0.297. The molecule has 0 unspecified atom stereocenters. The number of amides is 2. The first-order chi connectivity index (χ1) is 20.0. The van der Waals surface area contributed by atoms with Crippen molar-refractivity contribution >= 4 is 27.5 Å². The number of likely N-dealkylation sites (N-methyl/N-ethyl adjacent to an activating group) is 1. The molecule has 3 rings (SSSR count). The number of carbonyl (C=O) groups is 2. The van der Waals surface area contributed by atoms with Gasteiger partial charge in [-0.05, 0) is 69.7 Å². The number of aryl methyl sites for hydroxylation is 1. The molecule has 0 saturated heterocycles. The van der Waals surface area contributed by atoms with Gasteiger partial charge in [0.05, 0.1) is 31.4 Å². The second-order valence-corrected chi connectivity index (χ2v) is 11.4. The topological polar surface area (TPSA) is 114 Å². The summed E-state index contributed by atoms with van der Waals surface area (Å²) < 4.78 is 45.4. The van der Waals surface area contributed by atoms with E-state index in [1.54, 1.807) is 38.1 Å². The zero-order chi connectivity index (χ0) is 30.9. The monoisotopic (exact) mass is 597 g/mol. The third kappa shape index (κ3) is 7.73. The third-order valence-corrected chi connectivity index (χ3v) is 8.38. The minimum Gasteiger partial charge on any atom is -0.494 e. The number of hydrogen-bond donors (Lipinski definition) is 1. The predicted molar refractivity (Wildman–Crippen MR) is 162 cm³/mol. The standard InChI is InChI=1S/C31H39N3O7S/c1-7-32-31(36)23(4)33(20-24-11-9-10-22(3)18-24)30(35)21-34(25-12-14-26(15-13-25)41-8-2)42(37,38)27-16-17-28(39-5)29(19-27)40-6/h9-19,23H,7-8,20-21H2,1-6H3,(H,32,36)/t23-/m0/s1. The summed E-state index contributed by atoms with van der Waals surface area (Å²) in [6, 6.07) is 17.4. The van der Waals surface area contributed by atoms with Crippen LogP contribution in [0.3, 0.4) is 0 Å². The van der Waals surface area contributed by atoms with E-state index in [0.717, 1.165) is 15.4 Å². The van der Waals surface area contributed by atoms with Crippen molar-refractivity contribution in [3.63, 3.8) is 0 Å². The zero-order valence-corrected chi connectivity index (χ0v) is 25.7. The van der Waals surface area contributed by atoms with Gasteiger partial charge in [-0.15, -0.1) is 0 Å². The average molecular weight is 598 g/mol. The van der Waals surface area contributed by atoms with E-state index in [4.69, 9.17) is 14.2 Å². The molecule has 0 saturated carbocycles. The lowest BCUT2D eigenvalue weighted by molar-refractivity contribution is -0.139. The first-order valence-electron chi connectivity index (χ1n) is 13.7. The molecule has 3 aromatic rings. The van der Waals surface area contributed by atoms with Gasteiger partial charge in [0.15, 0.2) is 11.5 Å². The summed E-state index contributed by atoms with van der Waals surface area (Å²) in [6.07, 6.45) is 0. The van der Waals surface area contributed by atoms with E-state index in [-0.39, 0.29) is 28.8 Å². The Kier molecular flexibility index (Phi) is 11.2. The number of nitrogens with one attached hydrogen (secondary N) is 1. The first-order valence-corrected chi connectivity index (χ1v) is 15.1. The molecule has 0 spiro atoms. The second kappa shape index (κ2) is 14.6. The second-order valence-electron chi connectivity index (χ2n) is 9.54. The predicted octanol–water partition coefficient (Wildman–Crippen LogP) is 4.16. The molecule has 1 atom stereocenters. The number of anilines is 1. The first kappa shape index (κ1) is 32.3. The number of nitrogens with zero attached hydrogens (tertiary/aromatic N) is 2. The van der Waals surface area contributed by atoms with E-state index in [2.05, 4.69) is 5.32 Å². The van der Waals surface area contributed by atoms with Crippen LogP contribution in [0.15, 0.2) is 71.6 Å². The highest BCUT2D eigenvalue weighted by molar-refractivity contribution is 7.92. The number of methoxy groups -OCH3 is 2. The molecule has 10 nitrogen and oxygen atoms in total. The lowest BCUT2D eigenvalue weighted by Crippen LogP contribution is -2.51. The zero-order valence-electron chi connectivity index (χ0n) is 24.9. The Morgan fingerprint density at radius 1 is 0.929 bits per heavy atom. The molecule has 0 bridgehead atoms. The molecule has 2 amide bonds. The molecular formula is C31H39N3O7S. The van der Waals surface area contributed by atoms with Crippen LogP contribution in [0.25, 0.3) is 0 Å². The number of rotatable bonds is 14. The van der Waals surface area contributed by atoms with Crippen LogP contribution in [-0.2, 0) is 26.2 Å². The van der Waals surface area contributed by atoms with Crippen LogP contribution in [0.1, 0.15) is 31.9 Å². The Balaban J connectivity index is 2.08. The maximum absolute atomic E-state index is 14.1. The summed E-state index contributed by atoms with van der Waals surface area (Å²) in [5.41, 5.74) is 2.07. The smallest absolute Gasteiger partial charge is 0.264 e. The molecule has 42 heavy (non-hydrogen) atoms. The molecule has 0 aliphatic heterocycles. The van der Waals surface area contributed by atoms with E-state index < -0.39 is 28.5 Å². The van der Waals surface area contributed by atoms with E-state index in [1.807, 2.05) is 38.1 Å². The van der Waals surface area contributed by atoms with Crippen molar-refractivity contribution in [1.82, 2.24) is 10.2 Å². The van der Waals surface area contributed by atoms with E-state index in [1.165, 1.54) is 37.3 Å². The maximum atomic E-state index is 14.1. The Morgan fingerprint density at radius 2 is 1.62 bits per heavy atom. The average Bonchev–Trinajstić information content (AvgIpc) is 2.98. The largest absolute Gasteiger partial charge is 0.494 e. The van der Waals surface area contributed by atoms with Gasteiger partial charge in [-0.2, -0.15) is 0 Å². The molecule has 1 N–H and O–H groups in total. The van der Waals surface area contributed by atoms with Crippen molar-refractivity contribution in [2.75, 3.05) is 38.2 Å². The van der Waals surface area contributed by atoms with Gasteiger partial charge in [0, 0.05) is 19.2 Å². The van der Waals surface area contributed by atoms with Gasteiger partial charge in [-0.25, -0.2) is 8.42 Å². The van der Waals surface area contributed by atoms with E-state index in [0.29, 0.717) is 24.7 Å². The lowest BCUT2D eigenvalue weighted by Gasteiger charge is -2.32. The normalized spacial score (nSPS) is 11.8. The molecule has 0 radical (unpaired) electrons. The summed E-state index contributed by atoms with van der Waals surface area (Å²) in [5.74, 6) is 0.256. The fourth-order valence-corrected chi connectivity index (χ4v) is 5.85. The van der Waals surface area contributed by atoms with Crippen LogP contribution in [0.5, 0.6) is 17.2 Å². The van der Waals surface area contributed by atoms with Gasteiger partial charge in [0.1, 0.15) is 18.3 Å². The molecule has 3 aromatic carbocycles. The van der Waals surface area contributed by atoms with Gasteiger partial charge >= 0.3 is 0 Å². The minimum atomic E-state index is -4.29. The van der Waals surface area contributed by atoms with E-state index >= 15 is 0 Å². The SMILES string of the molecule is CCNC(=O)[C@H](C)N(Cc1cccc(C)c1)C(=O)CN(c1ccc(OCC)cc1)S(=O)(=O)c1ccc(OC)c(OC)c1. The number of sulfonamides is 1. The maximum Gasteiger partial charge on any atom is 0.264 e. The fraction of sp³-hybridized carbons (Fsp3) is 0.355. The molecule has 0 heterocycles. The lowest BCUT2D eigenvalue weighted by atomic mass is 10.1. The Hall–Kier alpha value is -4.25. The molecule has 0 fully saturated rings. The highest BCUT2D eigenvalue weighted by Crippen LogP contribution is 2.33. The Morgan fingerprint density at radius 3 is 2.21 bits per heavy atom. The highest BCUT2D eigenvalue weighted by atomic mass is 32.2. The number of hydrogen-bond acceptors (Lipinski definition) is 7. The van der Waals surface area contributed by atoms with Crippen molar-refractivity contribution in [3.05, 3.63) is 77.9 Å². The third-order valence-electron chi connectivity index (χ3n) is 6.61. The van der Waals surface area contributed by atoms with Gasteiger partial charge in [0.25, 0.3) is 10.0 Å². The summed E-state index contributed by atoms with van der Waals surface area (Å²) in [6.45, 7) is 7.60.